The summed E-state index contributed by atoms with van der Waals surface area (Å²) in [5, 5.41) is 6.06. The van der Waals surface area contributed by atoms with Crippen LogP contribution in [0.4, 0.5) is 16.2 Å². The van der Waals surface area contributed by atoms with Crippen LogP contribution in [0.1, 0.15) is 5.56 Å². The molecule has 2 rings (SSSR count). The van der Waals surface area contributed by atoms with Crippen LogP contribution in [0, 0.1) is 6.92 Å². The summed E-state index contributed by atoms with van der Waals surface area (Å²) in [7, 11) is 0. The number of halogens is 1. The molecule has 0 bridgehead atoms. The van der Waals surface area contributed by atoms with Crippen LogP contribution in [0.25, 0.3) is 0 Å². The number of carbonyl (C=O) groups is 1. The fraction of sp³-hybridized carbons (Fsp3) is 0.0714. The van der Waals surface area contributed by atoms with E-state index in [2.05, 4.69) is 10.6 Å². The van der Waals surface area contributed by atoms with Gasteiger partial charge in [-0.1, -0.05) is 29.8 Å². The van der Waals surface area contributed by atoms with E-state index >= 15 is 0 Å². The predicted octanol–water partition coefficient (Wildman–Crippen LogP) is 4.29. The highest BCUT2D eigenvalue weighted by Gasteiger charge is 2.02. The predicted molar refractivity (Wildman–Crippen MR) is 75.3 cm³/mol. The molecule has 92 valence electrons. The highest BCUT2D eigenvalue weighted by atomic mass is 35.5. The molecule has 2 aromatic carbocycles. The molecule has 4 heteroatoms. The zero-order valence-electron chi connectivity index (χ0n) is 9.91. The van der Waals surface area contributed by atoms with Crippen molar-refractivity contribution < 1.29 is 4.79 Å². The Hall–Kier alpha value is -2.00. The number of urea groups is 1. The van der Waals surface area contributed by atoms with Crippen molar-refractivity contribution in [1.82, 2.24) is 0 Å². The first-order valence-corrected chi connectivity index (χ1v) is 5.91. The van der Waals surface area contributed by atoms with Crippen molar-refractivity contribution in [2.24, 2.45) is 0 Å². The lowest BCUT2D eigenvalue weighted by atomic mass is 10.2. The van der Waals surface area contributed by atoms with Gasteiger partial charge in [0, 0.05) is 16.4 Å². The monoisotopic (exact) mass is 260 g/mol. The van der Waals surface area contributed by atoms with Gasteiger partial charge in [-0.3, -0.25) is 0 Å². The van der Waals surface area contributed by atoms with Crippen LogP contribution in [-0.4, -0.2) is 6.03 Å². The highest BCUT2D eigenvalue weighted by Crippen LogP contribution is 2.15. The molecule has 18 heavy (non-hydrogen) atoms. The van der Waals surface area contributed by atoms with E-state index in [1.54, 1.807) is 24.3 Å². The van der Waals surface area contributed by atoms with Crippen LogP contribution in [0.5, 0.6) is 0 Å². The summed E-state index contributed by atoms with van der Waals surface area (Å²) < 4.78 is 0. The number of rotatable bonds is 2. The maximum absolute atomic E-state index is 11.7. The summed E-state index contributed by atoms with van der Waals surface area (Å²) in [5.41, 5.74) is 2.51. The minimum Gasteiger partial charge on any atom is -0.308 e. The van der Waals surface area contributed by atoms with E-state index in [-0.39, 0.29) is 6.03 Å². The Morgan fingerprint density at radius 2 is 1.61 bits per heavy atom. The van der Waals surface area contributed by atoms with Gasteiger partial charge < -0.3 is 10.6 Å². The van der Waals surface area contributed by atoms with Gasteiger partial charge >= 0.3 is 6.03 Å². The molecule has 3 nitrogen and oxygen atoms in total. The molecule has 0 saturated carbocycles. The fourth-order valence-corrected chi connectivity index (χ4v) is 1.77. The van der Waals surface area contributed by atoms with Crippen molar-refractivity contribution in [2.45, 2.75) is 6.92 Å². The maximum atomic E-state index is 11.7. The normalized spacial score (nSPS) is 9.89. The molecule has 2 amide bonds. The minimum absolute atomic E-state index is 0.289. The topological polar surface area (TPSA) is 41.1 Å². The summed E-state index contributed by atoms with van der Waals surface area (Å²) in [6, 6.07) is 14.3. The number of nitrogens with one attached hydrogen (secondary N) is 2. The first kappa shape index (κ1) is 12.5. The van der Waals surface area contributed by atoms with Gasteiger partial charge in [0.25, 0.3) is 0 Å². The van der Waals surface area contributed by atoms with Crippen LogP contribution in [0.15, 0.2) is 48.5 Å². The zero-order valence-corrected chi connectivity index (χ0v) is 10.7. The van der Waals surface area contributed by atoms with E-state index in [1.807, 2.05) is 31.2 Å². The molecule has 0 heterocycles. The molecule has 0 unspecified atom stereocenters. The number of hydrogen-bond acceptors (Lipinski definition) is 1. The van der Waals surface area contributed by atoms with Crippen molar-refractivity contribution in [1.29, 1.82) is 0 Å². The average Bonchev–Trinajstić information content (AvgIpc) is 2.28. The number of hydrogen-bond donors (Lipinski definition) is 2. The number of benzene rings is 2. The molecular formula is C14H13ClN2O. The van der Waals surface area contributed by atoms with Gasteiger partial charge in [0.2, 0.25) is 0 Å². The molecule has 0 aromatic heterocycles. The lowest BCUT2D eigenvalue weighted by molar-refractivity contribution is 0.262. The summed E-state index contributed by atoms with van der Waals surface area (Å²) >= 11 is 5.84. The van der Waals surface area contributed by atoms with E-state index in [1.165, 1.54) is 0 Å². The quantitative estimate of drug-likeness (QED) is 0.831. The van der Waals surface area contributed by atoms with Crippen molar-refractivity contribution in [3.05, 3.63) is 59.1 Å². The van der Waals surface area contributed by atoms with Crippen molar-refractivity contribution >= 4 is 29.0 Å². The van der Waals surface area contributed by atoms with E-state index < -0.39 is 0 Å². The van der Waals surface area contributed by atoms with Crippen molar-refractivity contribution in [3.8, 4) is 0 Å². The van der Waals surface area contributed by atoms with Gasteiger partial charge in [0.15, 0.2) is 0 Å². The molecule has 0 aliphatic rings. The first-order chi connectivity index (χ1) is 8.63. The Morgan fingerprint density at radius 1 is 1.00 bits per heavy atom. The van der Waals surface area contributed by atoms with Crippen molar-refractivity contribution in [2.75, 3.05) is 10.6 Å². The van der Waals surface area contributed by atoms with Gasteiger partial charge in [0.05, 0.1) is 0 Å². The van der Waals surface area contributed by atoms with Gasteiger partial charge in [-0.2, -0.15) is 0 Å². The summed E-state index contributed by atoms with van der Waals surface area (Å²) in [4.78, 5) is 11.7. The maximum Gasteiger partial charge on any atom is 0.323 e. The largest absolute Gasteiger partial charge is 0.323 e. The molecule has 0 aliphatic heterocycles. The van der Waals surface area contributed by atoms with Gasteiger partial charge in [-0.25, -0.2) is 4.79 Å². The van der Waals surface area contributed by atoms with Crippen LogP contribution >= 0.6 is 11.6 Å². The standard InChI is InChI=1S/C14H13ClN2O/c1-10-4-2-6-12(8-10)16-14(18)17-13-7-3-5-11(15)9-13/h2-9H,1H3,(H2,16,17,18). The number of aryl methyl sites for hydroxylation is 1. The Balaban J connectivity index is 2.01. The number of anilines is 2. The molecule has 0 radical (unpaired) electrons. The number of carbonyl (C=O) groups excluding carboxylic acids is 1. The van der Waals surface area contributed by atoms with Crippen LogP contribution in [-0.2, 0) is 0 Å². The second kappa shape index (κ2) is 5.56. The highest BCUT2D eigenvalue weighted by molar-refractivity contribution is 6.30. The lowest BCUT2D eigenvalue weighted by Crippen LogP contribution is -2.19. The third kappa shape index (κ3) is 3.50. The molecule has 0 aliphatic carbocycles. The molecule has 2 aromatic rings. The van der Waals surface area contributed by atoms with Gasteiger partial charge in [-0.15, -0.1) is 0 Å². The zero-order chi connectivity index (χ0) is 13.0. The number of amides is 2. The molecule has 0 saturated heterocycles. The van der Waals surface area contributed by atoms with Gasteiger partial charge in [-0.05, 0) is 42.8 Å². The summed E-state index contributed by atoms with van der Waals surface area (Å²) in [5.74, 6) is 0. The minimum atomic E-state index is -0.289. The van der Waals surface area contributed by atoms with Crippen LogP contribution in [0.3, 0.4) is 0 Å². The first-order valence-electron chi connectivity index (χ1n) is 5.54. The molecule has 2 N–H and O–H groups in total. The second-order valence-electron chi connectivity index (χ2n) is 3.96. The third-order valence-electron chi connectivity index (χ3n) is 2.36. The lowest BCUT2D eigenvalue weighted by Gasteiger charge is -2.08. The second-order valence-corrected chi connectivity index (χ2v) is 4.40. The molecule has 0 spiro atoms. The smallest absolute Gasteiger partial charge is 0.308 e. The molecule has 0 fully saturated rings. The SMILES string of the molecule is Cc1cccc(NC(=O)Nc2cccc(Cl)c2)c1. The van der Waals surface area contributed by atoms with Crippen LogP contribution in [0.2, 0.25) is 5.02 Å². The molecule has 0 atom stereocenters. The Morgan fingerprint density at radius 3 is 2.22 bits per heavy atom. The average molecular weight is 261 g/mol. The van der Waals surface area contributed by atoms with E-state index in [0.717, 1.165) is 11.3 Å². The Bertz CT molecular complexity index is 520. The van der Waals surface area contributed by atoms with Crippen molar-refractivity contribution in [3.63, 3.8) is 0 Å². The van der Waals surface area contributed by atoms with Crippen LogP contribution < -0.4 is 10.6 Å². The Kier molecular flexibility index (Phi) is 3.85. The van der Waals surface area contributed by atoms with E-state index in [9.17, 15) is 4.79 Å². The van der Waals surface area contributed by atoms with E-state index in [0.29, 0.717) is 10.7 Å². The summed E-state index contributed by atoms with van der Waals surface area (Å²) in [6.45, 7) is 1.97. The van der Waals surface area contributed by atoms with E-state index in [4.69, 9.17) is 11.6 Å². The Labute approximate surface area is 111 Å². The van der Waals surface area contributed by atoms with Gasteiger partial charge in [0.1, 0.15) is 0 Å². The summed E-state index contributed by atoms with van der Waals surface area (Å²) in [6.07, 6.45) is 0. The fourth-order valence-electron chi connectivity index (χ4n) is 1.58. The third-order valence-corrected chi connectivity index (χ3v) is 2.59. The molecular weight excluding hydrogens is 248 g/mol.